The van der Waals surface area contributed by atoms with E-state index in [1.165, 1.54) is 15.8 Å². The fraction of sp³-hybridized carbons (Fsp3) is 0.312. The van der Waals surface area contributed by atoms with Gasteiger partial charge in [0.25, 0.3) is 0 Å². The summed E-state index contributed by atoms with van der Waals surface area (Å²) < 4.78 is 36.1. The standard InChI is InChI=1S/C16H15FN4O3S/c1-11-2-4-14(5-3-11)21-16(13(7-18)8-19-21)20-9-12(6-15(20)22)10-25(17,23)24/h2-5,8,12H,6,9-10H2,1H3. The summed E-state index contributed by atoms with van der Waals surface area (Å²) in [5.74, 6) is -1.46. The molecule has 1 saturated heterocycles. The van der Waals surface area contributed by atoms with Crippen molar-refractivity contribution in [3.63, 3.8) is 0 Å². The van der Waals surface area contributed by atoms with Crippen LogP contribution in [0.1, 0.15) is 17.5 Å². The van der Waals surface area contributed by atoms with Crippen molar-refractivity contribution in [2.45, 2.75) is 13.3 Å². The maximum Gasteiger partial charge on any atom is 0.302 e. The largest absolute Gasteiger partial charge is 0.302 e. The molecule has 1 amide bonds. The van der Waals surface area contributed by atoms with E-state index >= 15 is 0 Å². The van der Waals surface area contributed by atoms with Gasteiger partial charge in [-0.15, -0.1) is 3.89 Å². The van der Waals surface area contributed by atoms with Crippen LogP contribution < -0.4 is 4.90 Å². The van der Waals surface area contributed by atoms with Crippen LogP contribution in [0, 0.1) is 24.2 Å². The Bertz CT molecular complexity index is 960. The molecule has 1 atom stereocenters. The minimum atomic E-state index is -4.67. The number of benzene rings is 1. The first kappa shape index (κ1) is 17.1. The molecule has 7 nitrogen and oxygen atoms in total. The monoisotopic (exact) mass is 362 g/mol. The predicted molar refractivity (Wildman–Crippen MR) is 88.4 cm³/mol. The summed E-state index contributed by atoms with van der Waals surface area (Å²) in [6.07, 6.45) is 1.26. The molecule has 1 aliphatic rings. The number of anilines is 1. The van der Waals surface area contributed by atoms with Gasteiger partial charge in [0.05, 0.1) is 17.6 Å². The first-order valence-electron chi connectivity index (χ1n) is 7.56. The Balaban J connectivity index is 1.99. The molecule has 1 aromatic carbocycles. The van der Waals surface area contributed by atoms with Gasteiger partial charge in [0, 0.05) is 18.9 Å². The fourth-order valence-electron chi connectivity index (χ4n) is 2.93. The Morgan fingerprint density at radius 2 is 2.04 bits per heavy atom. The van der Waals surface area contributed by atoms with Gasteiger partial charge in [0.15, 0.2) is 5.82 Å². The Hall–Kier alpha value is -2.73. The first-order valence-corrected chi connectivity index (χ1v) is 9.11. The number of nitrogens with zero attached hydrogens (tertiary/aromatic N) is 4. The Labute approximate surface area is 144 Å². The second kappa shape index (κ2) is 6.29. The van der Waals surface area contributed by atoms with Gasteiger partial charge in [-0.05, 0) is 19.1 Å². The average molecular weight is 362 g/mol. The molecule has 0 radical (unpaired) electrons. The van der Waals surface area contributed by atoms with Crippen molar-refractivity contribution in [3.8, 4) is 11.8 Å². The third-order valence-corrected chi connectivity index (χ3v) is 4.91. The van der Waals surface area contributed by atoms with Gasteiger partial charge in [-0.25, -0.2) is 4.68 Å². The van der Waals surface area contributed by atoms with Gasteiger partial charge in [0.2, 0.25) is 5.91 Å². The van der Waals surface area contributed by atoms with Crippen LogP contribution >= 0.6 is 0 Å². The van der Waals surface area contributed by atoms with Crippen molar-refractivity contribution in [1.29, 1.82) is 5.26 Å². The van der Waals surface area contributed by atoms with Crippen LogP contribution in [0.3, 0.4) is 0 Å². The highest BCUT2D eigenvalue weighted by molar-refractivity contribution is 7.86. The highest BCUT2D eigenvalue weighted by Gasteiger charge is 2.36. The van der Waals surface area contributed by atoms with Gasteiger partial charge >= 0.3 is 10.2 Å². The number of nitriles is 1. The van der Waals surface area contributed by atoms with Crippen molar-refractivity contribution in [2.75, 3.05) is 17.2 Å². The van der Waals surface area contributed by atoms with E-state index in [0.29, 0.717) is 5.69 Å². The predicted octanol–water partition coefficient (Wildman–Crippen LogP) is 1.70. The summed E-state index contributed by atoms with van der Waals surface area (Å²) >= 11 is 0. The summed E-state index contributed by atoms with van der Waals surface area (Å²) in [5, 5.41) is 13.5. The van der Waals surface area contributed by atoms with Gasteiger partial charge in [-0.1, -0.05) is 17.7 Å². The minimum absolute atomic E-state index is 0.0220. The normalized spacial score (nSPS) is 17.7. The van der Waals surface area contributed by atoms with Crippen LogP contribution in [0.2, 0.25) is 0 Å². The molecule has 0 N–H and O–H groups in total. The van der Waals surface area contributed by atoms with Crippen LogP contribution in [-0.4, -0.2) is 36.4 Å². The number of amides is 1. The third-order valence-electron chi connectivity index (χ3n) is 4.04. The van der Waals surface area contributed by atoms with E-state index in [-0.39, 0.29) is 30.3 Å². The molecule has 0 spiro atoms. The fourth-order valence-corrected chi connectivity index (χ4v) is 3.72. The van der Waals surface area contributed by atoms with Gasteiger partial charge in [-0.3, -0.25) is 9.69 Å². The molecule has 3 rings (SSSR count). The number of aryl methyl sites for hydroxylation is 1. The SMILES string of the molecule is Cc1ccc(-n2ncc(C#N)c2N2CC(CS(=O)(=O)F)CC2=O)cc1. The third kappa shape index (κ3) is 3.53. The van der Waals surface area contributed by atoms with Gasteiger partial charge < -0.3 is 0 Å². The molecular weight excluding hydrogens is 347 g/mol. The van der Waals surface area contributed by atoms with E-state index < -0.39 is 21.9 Å². The van der Waals surface area contributed by atoms with Crippen molar-refractivity contribution >= 4 is 21.9 Å². The molecule has 2 aromatic rings. The zero-order chi connectivity index (χ0) is 18.2. The number of hydrogen-bond donors (Lipinski definition) is 0. The number of rotatable bonds is 4. The minimum Gasteiger partial charge on any atom is -0.295 e. The second-order valence-electron chi connectivity index (χ2n) is 6.02. The summed E-state index contributed by atoms with van der Waals surface area (Å²) in [4.78, 5) is 13.6. The maximum absolute atomic E-state index is 12.9. The second-order valence-corrected chi connectivity index (χ2v) is 7.43. The van der Waals surface area contributed by atoms with E-state index in [4.69, 9.17) is 0 Å². The van der Waals surface area contributed by atoms with E-state index in [9.17, 15) is 22.4 Å². The number of carbonyl (C=O) groups excluding carboxylic acids is 1. The van der Waals surface area contributed by atoms with Crippen LogP contribution in [0.25, 0.3) is 5.69 Å². The molecule has 1 aromatic heterocycles. The van der Waals surface area contributed by atoms with Crippen molar-refractivity contribution in [1.82, 2.24) is 9.78 Å². The molecule has 130 valence electrons. The molecule has 0 bridgehead atoms. The van der Waals surface area contributed by atoms with Crippen molar-refractivity contribution < 1.29 is 17.1 Å². The lowest BCUT2D eigenvalue weighted by atomic mass is 10.1. The molecule has 0 saturated carbocycles. The van der Waals surface area contributed by atoms with Gasteiger partial charge in [-0.2, -0.15) is 18.8 Å². The van der Waals surface area contributed by atoms with Crippen molar-refractivity contribution in [2.24, 2.45) is 5.92 Å². The molecule has 1 unspecified atom stereocenters. The van der Waals surface area contributed by atoms with E-state index in [2.05, 4.69) is 5.10 Å². The smallest absolute Gasteiger partial charge is 0.295 e. The molecule has 25 heavy (non-hydrogen) atoms. The summed E-state index contributed by atoms with van der Waals surface area (Å²) in [6.45, 7) is 1.95. The average Bonchev–Trinajstić information content (AvgIpc) is 3.09. The first-order chi connectivity index (χ1) is 11.8. The van der Waals surface area contributed by atoms with E-state index in [1.807, 2.05) is 25.1 Å². The lowest BCUT2D eigenvalue weighted by Gasteiger charge is -2.18. The Kier molecular flexibility index (Phi) is 4.30. The molecule has 9 heteroatoms. The molecule has 1 aliphatic heterocycles. The molecule has 1 fully saturated rings. The van der Waals surface area contributed by atoms with Crippen LogP contribution in [0.15, 0.2) is 30.5 Å². The lowest BCUT2D eigenvalue weighted by molar-refractivity contribution is -0.117. The Morgan fingerprint density at radius 3 is 2.64 bits per heavy atom. The van der Waals surface area contributed by atoms with E-state index in [0.717, 1.165) is 5.56 Å². The summed E-state index contributed by atoms with van der Waals surface area (Å²) in [5.41, 5.74) is 1.90. The van der Waals surface area contributed by atoms with Crippen molar-refractivity contribution in [3.05, 3.63) is 41.6 Å². The molecule has 2 heterocycles. The van der Waals surface area contributed by atoms with Crippen LogP contribution in [0.5, 0.6) is 0 Å². The molecular formula is C16H15FN4O3S. The Morgan fingerprint density at radius 1 is 1.36 bits per heavy atom. The zero-order valence-electron chi connectivity index (χ0n) is 13.4. The summed E-state index contributed by atoms with van der Waals surface area (Å²) in [6, 6.07) is 9.34. The quantitative estimate of drug-likeness (QED) is 0.772. The highest BCUT2D eigenvalue weighted by atomic mass is 32.3. The number of aromatic nitrogens is 2. The highest BCUT2D eigenvalue weighted by Crippen LogP contribution is 2.30. The topological polar surface area (TPSA) is 96.1 Å². The maximum atomic E-state index is 12.9. The zero-order valence-corrected chi connectivity index (χ0v) is 14.2. The van der Waals surface area contributed by atoms with Crippen LogP contribution in [-0.2, 0) is 15.0 Å². The van der Waals surface area contributed by atoms with E-state index in [1.54, 1.807) is 12.1 Å². The number of halogens is 1. The number of hydrogen-bond acceptors (Lipinski definition) is 5. The number of carbonyl (C=O) groups is 1. The summed E-state index contributed by atoms with van der Waals surface area (Å²) in [7, 11) is -4.67. The van der Waals surface area contributed by atoms with Gasteiger partial charge in [0.1, 0.15) is 11.6 Å². The lowest BCUT2D eigenvalue weighted by Crippen LogP contribution is -2.28. The molecule has 0 aliphatic carbocycles. The van der Waals surface area contributed by atoms with Crippen LogP contribution in [0.4, 0.5) is 9.70 Å².